The van der Waals surface area contributed by atoms with Crippen molar-refractivity contribution in [3.8, 4) is 11.5 Å². The molecule has 102 valence electrons. The number of anilines is 1. The number of benzene rings is 1. The monoisotopic (exact) mass is 271 g/mol. The first kappa shape index (κ1) is 12.4. The second-order valence-corrected chi connectivity index (χ2v) is 4.18. The minimum absolute atomic E-state index is 0.136. The van der Waals surface area contributed by atoms with Crippen LogP contribution in [0.15, 0.2) is 57.7 Å². The molecule has 0 fully saturated rings. The number of nitrogens with one attached hydrogen (secondary N) is 1. The Morgan fingerprint density at radius 3 is 2.70 bits per heavy atom. The van der Waals surface area contributed by atoms with Crippen molar-refractivity contribution >= 4 is 5.95 Å². The predicted molar refractivity (Wildman–Crippen MR) is 71.9 cm³/mol. The van der Waals surface area contributed by atoms with Gasteiger partial charge in [0.1, 0.15) is 11.8 Å². The Hall–Kier alpha value is -2.60. The predicted octanol–water partition coefficient (Wildman–Crippen LogP) is 2.48. The van der Waals surface area contributed by atoms with Crippen molar-refractivity contribution in [1.82, 2.24) is 10.1 Å². The van der Waals surface area contributed by atoms with Gasteiger partial charge in [-0.05, 0) is 29.4 Å². The zero-order valence-corrected chi connectivity index (χ0v) is 10.6. The summed E-state index contributed by atoms with van der Waals surface area (Å²) in [4.78, 5) is 4.24. The average molecular weight is 271 g/mol. The fraction of sp³-hybridized carbons (Fsp3) is 0.143. The maximum Gasteiger partial charge on any atom is 0.264 e. The number of nitrogens with zero attached hydrogens (tertiary/aromatic N) is 2. The van der Waals surface area contributed by atoms with Gasteiger partial charge in [-0.1, -0.05) is 18.2 Å². The van der Waals surface area contributed by atoms with E-state index in [9.17, 15) is 5.11 Å². The SMILES string of the molecule is OCC(Nc1noc(-c2ccccc2)n1)c1ccco1. The summed E-state index contributed by atoms with van der Waals surface area (Å²) in [5.74, 6) is 1.34. The highest BCUT2D eigenvalue weighted by Crippen LogP contribution is 2.21. The highest BCUT2D eigenvalue weighted by atomic mass is 16.5. The molecule has 0 aliphatic heterocycles. The van der Waals surface area contributed by atoms with E-state index in [1.54, 1.807) is 18.4 Å². The Morgan fingerprint density at radius 1 is 1.15 bits per heavy atom. The average Bonchev–Trinajstić information content (AvgIpc) is 3.17. The molecular weight excluding hydrogens is 258 g/mol. The summed E-state index contributed by atoms with van der Waals surface area (Å²) < 4.78 is 10.4. The highest BCUT2D eigenvalue weighted by molar-refractivity contribution is 5.53. The van der Waals surface area contributed by atoms with Gasteiger partial charge in [0.15, 0.2) is 0 Å². The van der Waals surface area contributed by atoms with Gasteiger partial charge >= 0.3 is 0 Å². The zero-order valence-electron chi connectivity index (χ0n) is 10.6. The fourth-order valence-corrected chi connectivity index (χ4v) is 1.83. The minimum atomic E-state index is -0.411. The van der Waals surface area contributed by atoms with Gasteiger partial charge in [-0.15, -0.1) is 0 Å². The molecule has 0 spiro atoms. The zero-order chi connectivity index (χ0) is 13.8. The fourth-order valence-electron chi connectivity index (χ4n) is 1.83. The standard InChI is InChI=1S/C14H13N3O3/c18-9-11(12-7-4-8-19-12)15-14-16-13(20-17-14)10-5-2-1-3-6-10/h1-8,11,18H,9H2,(H,15,17). The van der Waals surface area contributed by atoms with Crippen LogP contribution in [0.3, 0.4) is 0 Å². The summed E-state index contributed by atoms with van der Waals surface area (Å²) in [6.45, 7) is -0.136. The summed E-state index contributed by atoms with van der Waals surface area (Å²) in [5, 5.41) is 16.2. The van der Waals surface area contributed by atoms with Crippen LogP contribution in [0.4, 0.5) is 5.95 Å². The lowest BCUT2D eigenvalue weighted by Gasteiger charge is -2.11. The number of furan rings is 1. The number of hydrogen-bond donors (Lipinski definition) is 2. The van der Waals surface area contributed by atoms with Crippen molar-refractivity contribution in [2.24, 2.45) is 0 Å². The van der Waals surface area contributed by atoms with Crippen LogP contribution in [0.1, 0.15) is 11.8 Å². The number of aliphatic hydroxyl groups is 1. The summed E-state index contributed by atoms with van der Waals surface area (Å²) in [6, 6.07) is 12.6. The maximum absolute atomic E-state index is 9.37. The van der Waals surface area contributed by atoms with E-state index >= 15 is 0 Å². The van der Waals surface area contributed by atoms with Crippen LogP contribution in [0, 0.1) is 0 Å². The molecule has 20 heavy (non-hydrogen) atoms. The number of aromatic nitrogens is 2. The molecule has 0 aliphatic rings. The van der Waals surface area contributed by atoms with Gasteiger partial charge in [-0.3, -0.25) is 0 Å². The molecule has 2 heterocycles. The van der Waals surface area contributed by atoms with Gasteiger partial charge in [0.25, 0.3) is 11.8 Å². The number of aliphatic hydroxyl groups excluding tert-OH is 1. The van der Waals surface area contributed by atoms with Crippen LogP contribution in [0.25, 0.3) is 11.5 Å². The summed E-state index contributed by atoms with van der Waals surface area (Å²) in [6.07, 6.45) is 1.55. The van der Waals surface area contributed by atoms with Crippen molar-refractivity contribution in [3.05, 3.63) is 54.5 Å². The van der Waals surface area contributed by atoms with E-state index in [2.05, 4.69) is 15.5 Å². The Labute approximate surface area is 115 Å². The van der Waals surface area contributed by atoms with Gasteiger partial charge in [0.2, 0.25) is 0 Å². The molecule has 0 saturated heterocycles. The first-order valence-electron chi connectivity index (χ1n) is 6.17. The molecule has 0 radical (unpaired) electrons. The van der Waals surface area contributed by atoms with Gasteiger partial charge in [-0.2, -0.15) is 4.98 Å². The minimum Gasteiger partial charge on any atom is -0.467 e. The lowest BCUT2D eigenvalue weighted by atomic mass is 10.2. The maximum atomic E-state index is 9.37. The lowest BCUT2D eigenvalue weighted by Crippen LogP contribution is -2.14. The quantitative estimate of drug-likeness (QED) is 0.741. The summed E-state index contributed by atoms with van der Waals surface area (Å²) in [5.41, 5.74) is 0.839. The number of hydrogen-bond acceptors (Lipinski definition) is 6. The van der Waals surface area contributed by atoms with E-state index in [0.717, 1.165) is 5.56 Å². The molecule has 2 aromatic heterocycles. The van der Waals surface area contributed by atoms with E-state index < -0.39 is 6.04 Å². The molecule has 1 atom stereocenters. The smallest absolute Gasteiger partial charge is 0.264 e. The molecule has 0 saturated carbocycles. The van der Waals surface area contributed by atoms with Crippen molar-refractivity contribution in [2.75, 3.05) is 11.9 Å². The molecule has 3 rings (SSSR count). The first-order valence-corrected chi connectivity index (χ1v) is 6.17. The van der Waals surface area contributed by atoms with Gasteiger partial charge in [0, 0.05) is 5.56 Å². The highest BCUT2D eigenvalue weighted by Gasteiger charge is 2.16. The van der Waals surface area contributed by atoms with Crippen molar-refractivity contribution in [3.63, 3.8) is 0 Å². The molecule has 1 unspecified atom stereocenters. The van der Waals surface area contributed by atoms with Crippen molar-refractivity contribution in [1.29, 1.82) is 0 Å². The molecule has 2 N–H and O–H groups in total. The Balaban J connectivity index is 1.77. The van der Waals surface area contributed by atoms with E-state index in [4.69, 9.17) is 8.94 Å². The molecular formula is C14H13N3O3. The van der Waals surface area contributed by atoms with Crippen LogP contribution < -0.4 is 5.32 Å². The summed E-state index contributed by atoms with van der Waals surface area (Å²) >= 11 is 0. The Bertz CT molecular complexity index is 649. The molecule has 0 amide bonds. The van der Waals surface area contributed by atoms with E-state index in [-0.39, 0.29) is 6.61 Å². The van der Waals surface area contributed by atoms with Crippen molar-refractivity contribution in [2.45, 2.75) is 6.04 Å². The van der Waals surface area contributed by atoms with E-state index in [1.165, 1.54) is 0 Å². The van der Waals surface area contributed by atoms with Crippen LogP contribution >= 0.6 is 0 Å². The number of rotatable bonds is 5. The third-order valence-corrected chi connectivity index (χ3v) is 2.82. The second-order valence-electron chi connectivity index (χ2n) is 4.18. The molecule has 6 nitrogen and oxygen atoms in total. The van der Waals surface area contributed by atoms with E-state index in [1.807, 2.05) is 30.3 Å². The van der Waals surface area contributed by atoms with Gasteiger partial charge < -0.3 is 19.4 Å². The lowest BCUT2D eigenvalue weighted by molar-refractivity contribution is 0.260. The van der Waals surface area contributed by atoms with E-state index in [0.29, 0.717) is 17.6 Å². The normalized spacial score (nSPS) is 12.2. The summed E-state index contributed by atoms with van der Waals surface area (Å²) in [7, 11) is 0. The van der Waals surface area contributed by atoms with Crippen LogP contribution in [-0.2, 0) is 0 Å². The van der Waals surface area contributed by atoms with Crippen molar-refractivity contribution < 1.29 is 14.0 Å². The Morgan fingerprint density at radius 2 is 2.00 bits per heavy atom. The van der Waals surface area contributed by atoms with Crippen LogP contribution in [0.5, 0.6) is 0 Å². The molecule has 3 aromatic rings. The Kier molecular flexibility index (Phi) is 3.47. The molecule has 0 aliphatic carbocycles. The molecule has 0 bridgehead atoms. The molecule has 1 aromatic carbocycles. The van der Waals surface area contributed by atoms with Gasteiger partial charge in [-0.25, -0.2) is 0 Å². The third-order valence-electron chi connectivity index (χ3n) is 2.82. The van der Waals surface area contributed by atoms with Crippen LogP contribution in [-0.4, -0.2) is 21.9 Å². The largest absolute Gasteiger partial charge is 0.467 e. The molecule has 6 heteroatoms. The first-order chi connectivity index (χ1) is 9.86. The topological polar surface area (TPSA) is 84.3 Å². The third kappa shape index (κ3) is 2.55. The van der Waals surface area contributed by atoms with Crippen LogP contribution in [0.2, 0.25) is 0 Å². The van der Waals surface area contributed by atoms with Gasteiger partial charge in [0.05, 0.1) is 12.9 Å². The second kappa shape index (κ2) is 5.58.